The Morgan fingerprint density at radius 2 is 1.74 bits per heavy atom. The van der Waals surface area contributed by atoms with Crippen molar-refractivity contribution < 1.29 is 14.4 Å². The number of carbonyl (C=O) groups is 1. The molecule has 0 saturated heterocycles. The van der Waals surface area contributed by atoms with Crippen LogP contribution in [0.25, 0.3) is 0 Å². The van der Waals surface area contributed by atoms with E-state index in [4.69, 9.17) is 10.6 Å². The van der Waals surface area contributed by atoms with E-state index in [0.717, 1.165) is 17.7 Å². The SMILES string of the molecule is Cc1c(C)c(C)c2c(c1C)CC[C@@](C)(C(=O)ON)O2. The van der Waals surface area contributed by atoms with Crippen LogP contribution in [0.4, 0.5) is 0 Å². The Labute approximate surface area is 113 Å². The lowest BCUT2D eigenvalue weighted by Gasteiger charge is -2.35. The molecule has 104 valence electrons. The number of hydrogen-bond donors (Lipinski definition) is 1. The molecule has 0 aliphatic carbocycles. The molecule has 1 aromatic carbocycles. The maximum Gasteiger partial charge on any atom is 0.368 e. The van der Waals surface area contributed by atoms with Crippen LogP contribution in [0.2, 0.25) is 0 Å². The molecule has 1 atom stereocenters. The fraction of sp³-hybridized carbons (Fsp3) is 0.533. The summed E-state index contributed by atoms with van der Waals surface area (Å²) in [5.74, 6) is 5.30. The van der Waals surface area contributed by atoms with Crippen LogP contribution < -0.4 is 10.6 Å². The Morgan fingerprint density at radius 1 is 1.16 bits per heavy atom. The van der Waals surface area contributed by atoms with Crippen LogP contribution in [0.3, 0.4) is 0 Å². The molecule has 0 fully saturated rings. The standard InChI is InChI=1S/C15H21NO3/c1-8-9(2)11(4)13-12(10(8)3)6-7-15(5,18-13)14(17)19-16/h6-7,16H2,1-5H3/t15-/m0/s1. The maximum absolute atomic E-state index is 11.8. The predicted octanol–water partition coefficient (Wildman–Crippen LogP) is 2.42. The van der Waals surface area contributed by atoms with Gasteiger partial charge >= 0.3 is 5.97 Å². The number of fused-ring (bicyclic) bond motifs is 1. The van der Waals surface area contributed by atoms with Crippen LogP contribution in [-0.4, -0.2) is 11.6 Å². The third-order valence-electron chi connectivity index (χ3n) is 4.47. The van der Waals surface area contributed by atoms with Gasteiger partial charge in [0, 0.05) is 6.42 Å². The minimum Gasteiger partial charge on any atom is -0.475 e. The van der Waals surface area contributed by atoms with Gasteiger partial charge in [0.05, 0.1) is 0 Å². The van der Waals surface area contributed by atoms with Crippen molar-refractivity contribution in [3.05, 3.63) is 27.8 Å². The lowest BCUT2D eigenvalue weighted by molar-refractivity contribution is -0.162. The highest BCUT2D eigenvalue weighted by Gasteiger charge is 2.41. The summed E-state index contributed by atoms with van der Waals surface area (Å²) in [6.07, 6.45) is 1.38. The first-order chi connectivity index (χ1) is 8.81. The number of ether oxygens (including phenoxy) is 1. The van der Waals surface area contributed by atoms with Crippen molar-refractivity contribution in [3.8, 4) is 5.75 Å². The zero-order valence-corrected chi connectivity index (χ0v) is 12.2. The lowest BCUT2D eigenvalue weighted by Crippen LogP contribution is -2.46. The molecule has 0 bridgehead atoms. The second-order valence-corrected chi connectivity index (χ2v) is 5.55. The van der Waals surface area contributed by atoms with Crippen LogP contribution in [0.15, 0.2) is 0 Å². The fourth-order valence-corrected chi connectivity index (χ4v) is 2.70. The Hall–Kier alpha value is -1.55. The van der Waals surface area contributed by atoms with Crippen molar-refractivity contribution in [2.24, 2.45) is 5.90 Å². The second-order valence-electron chi connectivity index (χ2n) is 5.55. The van der Waals surface area contributed by atoms with Crippen LogP contribution >= 0.6 is 0 Å². The first-order valence-corrected chi connectivity index (χ1v) is 6.51. The van der Waals surface area contributed by atoms with E-state index >= 15 is 0 Å². The van der Waals surface area contributed by atoms with Gasteiger partial charge in [-0.15, -0.1) is 0 Å². The molecule has 0 aromatic heterocycles. The molecule has 0 radical (unpaired) electrons. The Kier molecular flexibility index (Phi) is 3.31. The second kappa shape index (κ2) is 4.53. The van der Waals surface area contributed by atoms with Gasteiger partial charge in [0.1, 0.15) is 5.75 Å². The van der Waals surface area contributed by atoms with Gasteiger partial charge < -0.3 is 9.57 Å². The van der Waals surface area contributed by atoms with Crippen molar-refractivity contribution in [1.29, 1.82) is 0 Å². The van der Waals surface area contributed by atoms with Crippen LogP contribution in [-0.2, 0) is 16.1 Å². The maximum atomic E-state index is 11.8. The Morgan fingerprint density at radius 3 is 2.32 bits per heavy atom. The van der Waals surface area contributed by atoms with Gasteiger partial charge in [-0.3, -0.25) is 0 Å². The number of rotatable bonds is 1. The summed E-state index contributed by atoms with van der Waals surface area (Å²) in [7, 11) is 0. The fourth-order valence-electron chi connectivity index (χ4n) is 2.70. The van der Waals surface area contributed by atoms with E-state index in [2.05, 4.69) is 25.6 Å². The third-order valence-corrected chi connectivity index (χ3v) is 4.47. The summed E-state index contributed by atoms with van der Waals surface area (Å²) >= 11 is 0. The van der Waals surface area contributed by atoms with Crippen LogP contribution in [0.1, 0.15) is 41.2 Å². The van der Waals surface area contributed by atoms with Gasteiger partial charge in [0.25, 0.3) is 0 Å². The molecule has 1 aromatic rings. The summed E-state index contributed by atoms with van der Waals surface area (Å²) in [4.78, 5) is 16.1. The average Bonchev–Trinajstić information content (AvgIpc) is 2.41. The number of carbonyl (C=O) groups excluding carboxylic acids is 1. The lowest BCUT2D eigenvalue weighted by atomic mass is 9.85. The van der Waals surface area contributed by atoms with Crippen molar-refractivity contribution in [3.63, 3.8) is 0 Å². The minimum atomic E-state index is -0.985. The number of benzene rings is 1. The summed E-state index contributed by atoms with van der Waals surface area (Å²) < 4.78 is 5.96. The number of nitrogens with two attached hydrogens (primary N) is 1. The third kappa shape index (κ3) is 2.00. The van der Waals surface area contributed by atoms with E-state index in [0.29, 0.717) is 6.42 Å². The summed E-state index contributed by atoms with van der Waals surface area (Å²) in [6.45, 7) is 10.1. The monoisotopic (exact) mass is 263 g/mol. The summed E-state index contributed by atoms with van der Waals surface area (Å²) in [6, 6.07) is 0. The minimum absolute atomic E-state index is 0.520. The van der Waals surface area contributed by atoms with Crippen molar-refractivity contribution >= 4 is 5.97 Å². The van der Waals surface area contributed by atoms with Gasteiger partial charge in [-0.05, 0) is 68.9 Å². The smallest absolute Gasteiger partial charge is 0.368 e. The molecule has 0 spiro atoms. The van der Waals surface area contributed by atoms with E-state index in [-0.39, 0.29) is 0 Å². The van der Waals surface area contributed by atoms with E-state index in [9.17, 15) is 4.79 Å². The van der Waals surface area contributed by atoms with Crippen molar-refractivity contribution in [2.45, 2.75) is 53.1 Å². The van der Waals surface area contributed by atoms with Crippen molar-refractivity contribution in [1.82, 2.24) is 0 Å². The zero-order chi connectivity index (χ0) is 14.4. The first kappa shape index (κ1) is 13.9. The topological polar surface area (TPSA) is 61.5 Å². The van der Waals surface area contributed by atoms with Gasteiger partial charge in [-0.1, -0.05) is 0 Å². The van der Waals surface area contributed by atoms with Gasteiger partial charge in [0.2, 0.25) is 5.60 Å². The molecule has 1 aliphatic rings. The Bertz CT molecular complexity index is 551. The predicted molar refractivity (Wildman–Crippen MR) is 73.0 cm³/mol. The molecule has 4 nitrogen and oxygen atoms in total. The van der Waals surface area contributed by atoms with Gasteiger partial charge in [0.15, 0.2) is 0 Å². The first-order valence-electron chi connectivity index (χ1n) is 6.51. The molecule has 0 unspecified atom stereocenters. The van der Waals surface area contributed by atoms with Gasteiger partial charge in [-0.25, -0.2) is 4.79 Å². The quantitative estimate of drug-likeness (QED) is 0.790. The van der Waals surface area contributed by atoms with E-state index in [1.54, 1.807) is 6.92 Å². The summed E-state index contributed by atoms with van der Waals surface area (Å²) in [5.41, 5.74) is 5.06. The molecule has 2 rings (SSSR count). The molecular formula is C15H21NO3. The van der Waals surface area contributed by atoms with Crippen LogP contribution in [0, 0.1) is 27.7 Å². The van der Waals surface area contributed by atoms with Crippen molar-refractivity contribution in [2.75, 3.05) is 0 Å². The average molecular weight is 263 g/mol. The number of hydrogen-bond acceptors (Lipinski definition) is 4. The Balaban J connectivity index is 2.55. The molecule has 19 heavy (non-hydrogen) atoms. The molecule has 0 amide bonds. The van der Waals surface area contributed by atoms with E-state index in [1.165, 1.54) is 22.3 Å². The van der Waals surface area contributed by atoms with E-state index in [1.807, 2.05) is 6.92 Å². The van der Waals surface area contributed by atoms with E-state index < -0.39 is 11.6 Å². The zero-order valence-electron chi connectivity index (χ0n) is 12.2. The summed E-state index contributed by atoms with van der Waals surface area (Å²) in [5, 5.41) is 0. The largest absolute Gasteiger partial charge is 0.475 e. The molecule has 0 saturated carbocycles. The van der Waals surface area contributed by atoms with Gasteiger partial charge in [-0.2, -0.15) is 5.90 Å². The highest BCUT2D eigenvalue weighted by molar-refractivity contribution is 5.80. The normalized spacial score (nSPS) is 21.6. The molecule has 4 heteroatoms. The van der Waals surface area contributed by atoms with Crippen LogP contribution in [0.5, 0.6) is 5.75 Å². The highest BCUT2D eigenvalue weighted by Crippen LogP contribution is 2.40. The molecule has 2 N–H and O–H groups in total. The highest BCUT2D eigenvalue weighted by atomic mass is 16.7. The molecule has 1 aliphatic heterocycles. The molecule has 1 heterocycles. The molecular weight excluding hydrogens is 242 g/mol.